The normalized spacial score (nSPS) is 12.8. The van der Waals surface area contributed by atoms with Crippen LogP contribution in [0, 0.1) is 0 Å². The molecule has 0 fully saturated rings. The number of fused-ring (bicyclic) bond motifs is 1. The highest BCUT2D eigenvalue weighted by atomic mass is 32.2. The lowest BCUT2D eigenvalue weighted by Gasteiger charge is -2.19. The SMILES string of the molecule is CN(C)c1cc2cn[nH]c2cc1SC[C@@H](C=O)NC(=O)C(C=NCc1ccccc1)=NN. The lowest BCUT2D eigenvalue weighted by atomic mass is 10.2. The Morgan fingerprint density at radius 1 is 1.31 bits per heavy atom. The maximum absolute atomic E-state index is 12.5. The average Bonchev–Trinajstić information content (AvgIpc) is 3.26. The Hall–Kier alpha value is -3.66. The summed E-state index contributed by atoms with van der Waals surface area (Å²) in [7, 11) is 3.89. The molecule has 0 saturated carbocycles. The van der Waals surface area contributed by atoms with Gasteiger partial charge in [-0.25, -0.2) is 0 Å². The first-order chi connectivity index (χ1) is 15.5. The summed E-state index contributed by atoms with van der Waals surface area (Å²) in [5, 5.41) is 14.2. The summed E-state index contributed by atoms with van der Waals surface area (Å²) in [4.78, 5) is 31.3. The number of nitrogens with zero attached hydrogens (tertiary/aromatic N) is 4. The summed E-state index contributed by atoms with van der Waals surface area (Å²) in [6, 6.07) is 12.9. The van der Waals surface area contributed by atoms with Crippen molar-refractivity contribution < 1.29 is 9.59 Å². The van der Waals surface area contributed by atoms with E-state index in [4.69, 9.17) is 5.84 Å². The van der Waals surface area contributed by atoms with Gasteiger partial charge in [-0.05, 0) is 17.7 Å². The topological polar surface area (TPSA) is 129 Å². The van der Waals surface area contributed by atoms with Crippen molar-refractivity contribution in [2.24, 2.45) is 15.9 Å². The fourth-order valence-electron chi connectivity index (χ4n) is 2.93. The van der Waals surface area contributed by atoms with Gasteiger partial charge in [0.05, 0.1) is 36.2 Å². The molecule has 9 nitrogen and oxygen atoms in total. The number of hydrazone groups is 1. The average molecular weight is 452 g/mol. The van der Waals surface area contributed by atoms with Gasteiger partial charge in [0, 0.05) is 30.1 Å². The Morgan fingerprint density at radius 2 is 2.09 bits per heavy atom. The minimum atomic E-state index is -0.723. The van der Waals surface area contributed by atoms with Crippen molar-refractivity contribution in [1.29, 1.82) is 0 Å². The summed E-state index contributed by atoms with van der Waals surface area (Å²) >= 11 is 1.46. The number of carbonyl (C=O) groups is 2. The van der Waals surface area contributed by atoms with Crippen LogP contribution in [0.4, 0.5) is 5.69 Å². The zero-order valence-corrected chi connectivity index (χ0v) is 18.7. The summed E-state index contributed by atoms with van der Waals surface area (Å²) in [5.74, 6) is 5.14. The predicted octanol–water partition coefficient (Wildman–Crippen LogP) is 1.99. The quantitative estimate of drug-likeness (QED) is 0.142. The van der Waals surface area contributed by atoms with Gasteiger partial charge in [-0.2, -0.15) is 10.2 Å². The van der Waals surface area contributed by atoms with Crippen molar-refractivity contribution in [3.05, 3.63) is 54.2 Å². The molecule has 1 heterocycles. The van der Waals surface area contributed by atoms with Gasteiger partial charge in [-0.15, -0.1) is 11.8 Å². The van der Waals surface area contributed by atoms with E-state index in [-0.39, 0.29) is 5.71 Å². The number of hydrogen-bond donors (Lipinski definition) is 3. The molecule has 166 valence electrons. The summed E-state index contributed by atoms with van der Waals surface area (Å²) in [6.07, 6.45) is 3.77. The Kier molecular flexibility index (Phi) is 7.98. The molecule has 4 N–H and O–H groups in total. The van der Waals surface area contributed by atoms with Crippen LogP contribution in [0.15, 0.2) is 63.7 Å². The van der Waals surface area contributed by atoms with Crippen LogP contribution >= 0.6 is 11.8 Å². The molecule has 0 saturated heterocycles. The molecule has 10 heteroatoms. The molecule has 0 unspecified atom stereocenters. The molecule has 0 aliphatic heterocycles. The van der Waals surface area contributed by atoms with E-state index in [0.717, 1.165) is 27.0 Å². The highest BCUT2D eigenvalue weighted by Gasteiger charge is 2.17. The van der Waals surface area contributed by atoms with Crippen molar-refractivity contribution in [1.82, 2.24) is 15.5 Å². The van der Waals surface area contributed by atoms with E-state index in [1.54, 1.807) is 6.20 Å². The van der Waals surface area contributed by atoms with E-state index >= 15 is 0 Å². The number of thioether (sulfide) groups is 1. The molecule has 0 aliphatic rings. The molecule has 1 aromatic heterocycles. The van der Waals surface area contributed by atoms with Gasteiger partial charge in [-0.1, -0.05) is 30.3 Å². The number of benzene rings is 2. The maximum Gasteiger partial charge on any atom is 0.273 e. The number of aldehydes is 1. The van der Waals surface area contributed by atoms with E-state index in [1.165, 1.54) is 18.0 Å². The van der Waals surface area contributed by atoms with Crippen molar-refractivity contribution in [3.8, 4) is 0 Å². The molecule has 1 atom stereocenters. The van der Waals surface area contributed by atoms with Crippen molar-refractivity contribution in [2.75, 3.05) is 24.7 Å². The van der Waals surface area contributed by atoms with Crippen LogP contribution in [-0.2, 0) is 16.1 Å². The predicted molar refractivity (Wildman–Crippen MR) is 129 cm³/mol. The first kappa shape index (κ1) is 23.0. The molecule has 0 bridgehead atoms. The molecule has 0 aliphatic carbocycles. The second-order valence-electron chi connectivity index (χ2n) is 7.17. The number of H-pyrrole nitrogens is 1. The number of amides is 1. The third-order valence-corrected chi connectivity index (χ3v) is 5.77. The van der Waals surface area contributed by atoms with Gasteiger partial charge in [0.2, 0.25) is 0 Å². The zero-order chi connectivity index (χ0) is 22.9. The fraction of sp³-hybridized carbons (Fsp3) is 0.227. The van der Waals surface area contributed by atoms with E-state index in [2.05, 4.69) is 25.6 Å². The molecule has 3 rings (SSSR count). The smallest absolute Gasteiger partial charge is 0.273 e. The van der Waals surface area contributed by atoms with Crippen LogP contribution in [0.5, 0.6) is 0 Å². The lowest BCUT2D eigenvalue weighted by Crippen LogP contribution is -2.42. The number of aromatic nitrogens is 2. The lowest BCUT2D eigenvalue weighted by molar-refractivity contribution is -0.118. The second-order valence-corrected chi connectivity index (χ2v) is 8.23. The molecule has 3 aromatic rings. The molecular formula is C22H25N7O2S. The number of anilines is 1. The minimum absolute atomic E-state index is 0.0503. The van der Waals surface area contributed by atoms with E-state index in [0.29, 0.717) is 18.6 Å². The Labute approximate surface area is 190 Å². The molecule has 1 amide bonds. The monoisotopic (exact) mass is 451 g/mol. The Balaban J connectivity index is 1.62. The minimum Gasteiger partial charge on any atom is -0.377 e. The number of carbonyl (C=O) groups excluding carboxylic acids is 2. The number of aromatic amines is 1. The molecule has 0 radical (unpaired) electrons. The first-order valence-corrected chi connectivity index (χ1v) is 10.9. The van der Waals surface area contributed by atoms with Crippen LogP contribution in [0.3, 0.4) is 0 Å². The van der Waals surface area contributed by atoms with Crippen LogP contribution in [0.25, 0.3) is 10.9 Å². The largest absolute Gasteiger partial charge is 0.377 e. The number of hydrogen-bond acceptors (Lipinski definition) is 8. The molecule has 0 spiro atoms. The number of nitrogens with one attached hydrogen (secondary N) is 2. The van der Waals surface area contributed by atoms with Crippen LogP contribution in [-0.4, -0.2) is 60.2 Å². The molecule has 32 heavy (non-hydrogen) atoms. The van der Waals surface area contributed by atoms with Crippen molar-refractivity contribution in [3.63, 3.8) is 0 Å². The maximum atomic E-state index is 12.5. The van der Waals surface area contributed by atoms with E-state index in [1.807, 2.05) is 61.5 Å². The van der Waals surface area contributed by atoms with Gasteiger partial charge >= 0.3 is 0 Å². The number of nitrogens with two attached hydrogens (primary N) is 1. The molecular weight excluding hydrogens is 426 g/mol. The third kappa shape index (κ3) is 5.94. The third-order valence-electron chi connectivity index (χ3n) is 4.60. The second kappa shape index (κ2) is 11.1. The van der Waals surface area contributed by atoms with Gasteiger partial charge in [0.15, 0.2) is 5.71 Å². The van der Waals surface area contributed by atoms with Crippen molar-refractivity contribution >= 4 is 52.5 Å². The summed E-state index contributed by atoms with van der Waals surface area (Å²) < 4.78 is 0. The van der Waals surface area contributed by atoms with Crippen LogP contribution < -0.4 is 16.1 Å². The fourth-order valence-corrected chi connectivity index (χ4v) is 4.04. The van der Waals surface area contributed by atoms with Crippen molar-refractivity contribution in [2.45, 2.75) is 17.5 Å². The van der Waals surface area contributed by atoms with Gasteiger partial charge in [0.25, 0.3) is 5.91 Å². The highest BCUT2D eigenvalue weighted by Crippen LogP contribution is 2.33. The van der Waals surface area contributed by atoms with Gasteiger partial charge in [-0.3, -0.25) is 14.9 Å². The van der Waals surface area contributed by atoms with Gasteiger partial charge in [0.1, 0.15) is 6.29 Å². The number of aliphatic imine (C=N–C) groups is 1. The van der Waals surface area contributed by atoms with Gasteiger partial charge < -0.3 is 20.9 Å². The van der Waals surface area contributed by atoms with E-state index in [9.17, 15) is 9.59 Å². The van der Waals surface area contributed by atoms with Crippen LogP contribution in [0.2, 0.25) is 0 Å². The summed E-state index contributed by atoms with van der Waals surface area (Å²) in [6.45, 7) is 0.392. The van der Waals surface area contributed by atoms with E-state index < -0.39 is 11.9 Å². The van der Waals surface area contributed by atoms with Crippen LogP contribution in [0.1, 0.15) is 5.56 Å². The number of rotatable bonds is 10. The Morgan fingerprint density at radius 3 is 2.78 bits per heavy atom. The molecule has 2 aromatic carbocycles. The highest BCUT2D eigenvalue weighted by molar-refractivity contribution is 7.99. The standard InChI is InChI=1S/C22H25N7O2S/c1-29(2)20-8-16-11-25-28-18(16)9-21(20)32-14-17(13-30)26-22(31)19(27-23)12-24-10-15-6-4-3-5-7-15/h3-9,11-13,17H,10,14,23H2,1-2H3,(H,25,28)(H,26,31)/t17-/m1/s1. The first-order valence-electron chi connectivity index (χ1n) is 9.87. The Bertz CT molecular complexity index is 1130. The summed E-state index contributed by atoms with van der Waals surface area (Å²) in [5.41, 5.74) is 2.84. The zero-order valence-electron chi connectivity index (χ0n) is 17.9.